The lowest BCUT2D eigenvalue weighted by molar-refractivity contribution is 0.124. The smallest absolute Gasteiger partial charge is 0.0954 e. The predicted molar refractivity (Wildman–Crippen MR) is 90.4 cm³/mol. The fourth-order valence-corrected chi connectivity index (χ4v) is 4.04. The molecular weight excluding hydrogens is 286 g/mol. The van der Waals surface area contributed by atoms with Crippen LogP contribution in [-0.4, -0.2) is 39.2 Å². The second-order valence-corrected chi connectivity index (χ2v) is 6.88. The van der Waals surface area contributed by atoms with Gasteiger partial charge in [0.05, 0.1) is 18.1 Å². The van der Waals surface area contributed by atoms with E-state index in [9.17, 15) is 5.11 Å². The molecule has 0 unspecified atom stereocenters. The van der Waals surface area contributed by atoms with Gasteiger partial charge in [-0.15, -0.1) is 0 Å². The Kier molecular flexibility index (Phi) is 4.19. The molecule has 1 fully saturated rings. The highest BCUT2D eigenvalue weighted by Gasteiger charge is 2.28. The standard InChI is InChI=1S/C19H25N3O/c23-19(15-6-2-1-3-7-15)13-21-11-10-16(12-21)22-14-20-17-8-4-5-9-18(17)22/h1-3,6-7,14,16,19,23H,4-5,8-13H2/t16-,19-/m1/s1. The Bertz CT molecular complexity index is 652. The number of aliphatic hydroxyl groups is 1. The van der Waals surface area contributed by atoms with Gasteiger partial charge in [-0.2, -0.15) is 0 Å². The first-order valence-electron chi connectivity index (χ1n) is 8.81. The largest absolute Gasteiger partial charge is 0.387 e. The van der Waals surface area contributed by atoms with Crippen molar-refractivity contribution in [2.24, 2.45) is 0 Å². The number of aromatic nitrogens is 2. The third kappa shape index (κ3) is 3.06. The van der Waals surface area contributed by atoms with Gasteiger partial charge >= 0.3 is 0 Å². The quantitative estimate of drug-likeness (QED) is 0.944. The number of likely N-dealkylation sites (tertiary alicyclic amines) is 1. The number of fused-ring (bicyclic) bond motifs is 1. The van der Waals surface area contributed by atoms with Crippen molar-refractivity contribution in [3.8, 4) is 0 Å². The van der Waals surface area contributed by atoms with Gasteiger partial charge in [-0.1, -0.05) is 30.3 Å². The summed E-state index contributed by atoms with van der Waals surface area (Å²) in [6.07, 6.45) is 7.71. The maximum atomic E-state index is 10.4. The first kappa shape index (κ1) is 14.9. The Balaban J connectivity index is 1.40. The normalized spacial score (nSPS) is 22.9. The minimum absolute atomic E-state index is 0.397. The summed E-state index contributed by atoms with van der Waals surface area (Å²) in [6, 6.07) is 10.5. The van der Waals surface area contributed by atoms with E-state index in [1.54, 1.807) is 0 Å². The van der Waals surface area contributed by atoms with Gasteiger partial charge in [0.2, 0.25) is 0 Å². The van der Waals surface area contributed by atoms with Gasteiger partial charge in [-0.25, -0.2) is 4.98 Å². The van der Waals surface area contributed by atoms with Gasteiger partial charge in [0.25, 0.3) is 0 Å². The molecule has 4 heteroatoms. The SMILES string of the molecule is O[C@H](CN1CC[C@@H](n2cnc3c2CCCC3)C1)c1ccccc1. The molecule has 0 saturated carbocycles. The van der Waals surface area contributed by atoms with Crippen molar-refractivity contribution in [1.82, 2.24) is 14.5 Å². The third-order valence-electron chi connectivity index (χ3n) is 5.32. The lowest BCUT2D eigenvalue weighted by Crippen LogP contribution is -2.27. The van der Waals surface area contributed by atoms with E-state index in [0.717, 1.165) is 38.0 Å². The van der Waals surface area contributed by atoms with E-state index in [-0.39, 0.29) is 0 Å². The molecule has 1 aliphatic heterocycles. The molecule has 2 aromatic rings. The first-order chi connectivity index (χ1) is 11.3. The van der Waals surface area contributed by atoms with E-state index in [1.807, 2.05) is 30.3 Å². The molecule has 0 amide bonds. The molecule has 1 aromatic carbocycles. The van der Waals surface area contributed by atoms with Gasteiger partial charge in [0.15, 0.2) is 0 Å². The number of aryl methyl sites for hydroxylation is 1. The van der Waals surface area contributed by atoms with E-state index in [2.05, 4.69) is 20.8 Å². The number of benzene rings is 1. The number of β-amino-alcohol motifs (C(OH)–C–C–N with tert-alkyl or cyclic N) is 1. The van der Waals surface area contributed by atoms with Crippen molar-refractivity contribution in [1.29, 1.82) is 0 Å². The van der Waals surface area contributed by atoms with E-state index in [1.165, 1.54) is 30.7 Å². The van der Waals surface area contributed by atoms with Gasteiger partial charge in [-0.05, 0) is 37.7 Å². The van der Waals surface area contributed by atoms with E-state index < -0.39 is 6.10 Å². The highest BCUT2D eigenvalue weighted by atomic mass is 16.3. The van der Waals surface area contributed by atoms with Crippen LogP contribution in [0.5, 0.6) is 0 Å². The average molecular weight is 311 g/mol. The average Bonchev–Trinajstić information content (AvgIpc) is 3.22. The highest BCUT2D eigenvalue weighted by Crippen LogP contribution is 2.29. The fourth-order valence-electron chi connectivity index (χ4n) is 4.04. The molecule has 1 aliphatic carbocycles. The van der Waals surface area contributed by atoms with Crippen LogP contribution in [0.4, 0.5) is 0 Å². The number of hydrogen-bond donors (Lipinski definition) is 1. The molecule has 2 heterocycles. The molecule has 1 aromatic heterocycles. The molecule has 122 valence electrons. The maximum Gasteiger partial charge on any atom is 0.0954 e. The third-order valence-corrected chi connectivity index (χ3v) is 5.32. The van der Waals surface area contributed by atoms with Crippen molar-refractivity contribution in [2.75, 3.05) is 19.6 Å². The Morgan fingerprint density at radius 2 is 2.00 bits per heavy atom. The Labute approximate surface area is 137 Å². The fraction of sp³-hybridized carbons (Fsp3) is 0.526. The van der Waals surface area contributed by atoms with Gasteiger partial charge in [-0.3, -0.25) is 4.90 Å². The van der Waals surface area contributed by atoms with Crippen LogP contribution in [0.15, 0.2) is 36.7 Å². The van der Waals surface area contributed by atoms with E-state index in [4.69, 9.17) is 0 Å². The number of imidazole rings is 1. The second-order valence-electron chi connectivity index (χ2n) is 6.88. The molecule has 0 bridgehead atoms. The lowest BCUT2D eigenvalue weighted by atomic mass is 10.0. The van der Waals surface area contributed by atoms with Crippen LogP contribution >= 0.6 is 0 Å². The van der Waals surface area contributed by atoms with E-state index >= 15 is 0 Å². The minimum Gasteiger partial charge on any atom is -0.387 e. The second kappa shape index (κ2) is 6.46. The molecule has 0 radical (unpaired) electrons. The molecule has 23 heavy (non-hydrogen) atoms. The first-order valence-corrected chi connectivity index (χ1v) is 8.81. The summed E-state index contributed by atoms with van der Waals surface area (Å²) in [4.78, 5) is 7.02. The maximum absolute atomic E-state index is 10.4. The summed E-state index contributed by atoms with van der Waals surface area (Å²) in [6.45, 7) is 2.80. The molecule has 2 aliphatic rings. The van der Waals surface area contributed by atoms with Crippen molar-refractivity contribution in [3.05, 3.63) is 53.6 Å². The summed E-state index contributed by atoms with van der Waals surface area (Å²) < 4.78 is 2.42. The molecule has 0 spiro atoms. The van der Waals surface area contributed by atoms with Crippen LogP contribution in [0.3, 0.4) is 0 Å². The van der Waals surface area contributed by atoms with Gasteiger partial charge in [0, 0.05) is 31.4 Å². The number of rotatable bonds is 4. The molecule has 2 atom stereocenters. The lowest BCUT2D eigenvalue weighted by Gasteiger charge is -2.22. The molecular formula is C19H25N3O. The highest BCUT2D eigenvalue weighted by molar-refractivity contribution is 5.19. The Morgan fingerprint density at radius 3 is 2.87 bits per heavy atom. The zero-order valence-corrected chi connectivity index (χ0v) is 13.6. The van der Waals surface area contributed by atoms with Crippen molar-refractivity contribution >= 4 is 0 Å². The molecule has 4 rings (SSSR count). The van der Waals surface area contributed by atoms with Crippen molar-refractivity contribution in [3.63, 3.8) is 0 Å². The summed E-state index contributed by atoms with van der Waals surface area (Å²) in [5.41, 5.74) is 3.79. The van der Waals surface area contributed by atoms with Gasteiger partial charge in [0.1, 0.15) is 0 Å². The topological polar surface area (TPSA) is 41.3 Å². The van der Waals surface area contributed by atoms with Crippen LogP contribution in [0.1, 0.15) is 48.4 Å². The van der Waals surface area contributed by atoms with Crippen LogP contribution < -0.4 is 0 Å². The number of nitrogens with zero attached hydrogens (tertiary/aromatic N) is 3. The van der Waals surface area contributed by atoms with Crippen LogP contribution in [0, 0.1) is 0 Å². The van der Waals surface area contributed by atoms with Gasteiger partial charge < -0.3 is 9.67 Å². The minimum atomic E-state index is -0.397. The van der Waals surface area contributed by atoms with Crippen LogP contribution in [0.2, 0.25) is 0 Å². The number of hydrogen-bond acceptors (Lipinski definition) is 3. The molecule has 1 saturated heterocycles. The zero-order valence-electron chi connectivity index (χ0n) is 13.6. The van der Waals surface area contributed by atoms with Crippen LogP contribution in [-0.2, 0) is 12.8 Å². The molecule has 1 N–H and O–H groups in total. The zero-order chi connectivity index (χ0) is 15.6. The summed E-state index contributed by atoms with van der Waals surface area (Å²) in [7, 11) is 0. The van der Waals surface area contributed by atoms with Crippen molar-refractivity contribution < 1.29 is 5.11 Å². The Hall–Kier alpha value is -1.65. The Morgan fingerprint density at radius 1 is 1.17 bits per heavy atom. The number of aliphatic hydroxyl groups excluding tert-OH is 1. The summed E-state index contributed by atoms with van der Waals surface area (Å²) >= 11 is 0. The van der Waals surface area contributed by atoms with Crippen LogP contribution in [0.25, 0.3) is 0 Å². The monoisotopic (exact) mass is 311 g/mol. The predicted octanol–water partition coefficient (Wildman–Crippen LogP) is 2.74. The van der Waals surface area contributed by atoms with E-state index in [0.29, 0.717) is 6.04 Å². The summed E-state index contributed by atoms with van der Waals surface area (Å²) in [5.74, 6) is 0. The summed E-state index contributed by atoms with van der Waals surface area (Å²) in [5, 5.41) is 10.4. The van der Waals surface area contributed by atoms with Crippen molar-refractivity contribution in [2.45, 2.75) is 44.2 Å². The molecule has 4 nitrogen and oxygen atoms in total.